The molecule has 1 fully saturated rings. The number of hydrogen-bond donors (Lipinski definition) is 1. The number of hydrogen-bond acceptors (Lipinski definition) is 5. The maximum atomic E-state index is 6.38. The van der Waals surface area contributed by atoms with E-state index in [0.29, 0.717) is 11.7 Å². The van der Waals surface area contributed by atoms with Crippen LogP contribution in [-0.2, 0) is 5.54 Å². The van der Waals surface area contributed by atoms with Gasteiger partial charge in [0.05, 0.1) is 5.54 Å². The second-order valence-electron chi connectivity index (χ2n) is 6.25. The fourth-order valence-corrected chi connectivity index (χ4v) is 3.10. The largest absolute Gasteiger partial charge is 0.375 e. The van der Waals surface area contributed by atoms with Crippen LogP contribution in [0.3, 0.4) is 0 Å². The fraction of sp³-hybridized carbons (Fsp3) is 0.529. The van der Waals surface area contributed by atoms with Crippen LogP contribution in [-0.4, -0.2) is 23.7 Å². The van der Waals surface area contributed by atoms with Crippen molar-refractivity contribution in [3.05, 3.63) is 30.1 Å². The molecule has 22 heavy (non-hydrogen) atoms. The van der Waals surface area contributed by atoms with Crippen LogP contribution in [0.15, 0.2) is 28.8 Å². The summed E-state index contributed by atoms with van der Waals surface area (Å²) in [7, 11) is 2.10. The second kappa shape index (κ2) is 6.08. The molecule has 0 bridgehead atoms. The van der Waals surface area contributed by atoms with Gasteiger partial charge in [-0.25, -0.2) is 0 Å². The average Bonchev–Trinajstić information content (AvgIpc) is 3.17. The highest BCUT2D eigenvalue weighted by Crippen LogP contribution is 2.35. The van der Waals surface area contributed by atoms with Gasteiger partial charge in [0.1, 0.15) is 0 Å². The lowest BCUT2D eigenvalue weighted by Gasteiger charge is -2.18. The number of anilines is 1. The molecule has 1 saturated carbocycles. The van der Waals surface area contributed by atoms with E-state index in [2.05, 4.69) is 41.1 Å². The first-order chi connectivity index (χ1) is 10.6. The van der Waals surface area contributed by atoms with Crippen LogP contribution in [0.5, 0.6) is 0 Å². The van der Waals surface area contributed by atoms with E-state index in [1.165, 1.54) is 5.69 Å². The normalized spacial score (nSPS) is 16.9. The first-order valence-electron chi connectivity index (χ1n) is 8.07. The molecule has 0 radical (unpaired) electrons. The van der Waals surface area contributed by atoms with E-state index < -0.39 is 5.54 Å². The molecule has 1 aliphatic carbocycles. The molecule has 0 aliphatic heterocycles. The highest BCUT2D eigenvalue weighted by atomic mass is 16.5. The Bertz CT molecular complexity index is 614. The average molecular weight is 300 g/mol. The van der Waals surface area contributed by atoms with Crippen molar-refractivity contribution in [3.8, 4) is 11.5 Å². The zero-order chi connectivity index (χ0) is 15.6. The van der Waals surface area contributed by atoms with Crippen LogP contribution in [0.2, 0.25) is 0 Å². The minimum absolute atomic E-state index is 0.400. The summed E-state index contributed by atoms with van der Waals surface area (Å²) in [5, 5.41) is 4.11. The molecule has 1 aromatic carbocycles. The Morgan fingerprint density at radius 2 is 1.91 bits per heavy atom. The highest BCUT2D eigenvalue weighted by Gasteiger charge is 2.36. The zero-order valence-electron chi connectivity index (χ0n) is 13.4. The molecule has 0 spiro atoms. The quantitative estimate of drug-likeness (QED) is 0.917. The number of aromatic nitrogens is 2. The molecule has 1 aliphatic rings. The summed E-state index contributed by atoms with van der Waals surface area (Å²) in [4.78, 5) is 6.76. The number of nitrogens with two attached hydrogens (primary N) is 1. The van der Waals surface area contributed by atoms with E-state index in [9.17, 15) is 0 Å². The van der Waals surface area contributed by atoms with Gasteiger partial charge in [-0.3, -0.25) is 0 Å². The van der Waals surface area contributed by atoms with Crippen LogP contribution in [0.1, 0.15) is 44.9 Å². The summed E-state index contributed by atoms with van der Waals surface area (Å²) >= 11 is 0. The van der Waals surface area contributed by atoms with Gasteiger partial charge < -0.3 is 15.2 Å². The summed E-state index contributed by atoms with van der Waals surface area (Å²) in [6.45, 7) is 3.22. The van der Waals surface area contributed by atoms with Gasteiger partial charge in [-0.05, 0) is 43.5 Å². The molecule has 118 valence electrons. The van der Waals surface area contributed by atoms with E-state index in [1.54, 1.807) is 0 Å². The Balaban J connectivity index is 1.78. The minimum atomic E-state index is -0.400. The lowest BCUT2D eigenvalue weighted by atomic mass is 9.99. The van der Waals surface area contributed by atoms with Gasteiger partial charge in [0.2, 0.25) is 0 Å². The standard InChI is InChI=1S/C17H24N4O/c1-3-12-21(2)14-8-6-13(7-9-14)15-19-16(20-22-15)17(18)10-4-5-11-17/h6-9H,3-5,10-12,18H2,1-2H3. The third-order valence-electron chi connectivity index (χ3n) is 4.48. The number of benzene rings is 1. The molecule has 0 unspecified atom stereocenters. The molecular weight excluding hydrogens is 276 g/mol. The van der Waals surface area contributed by atoms with Crippen LogP contribution in [0.25, 0.3) is 11.5 Å². The molecule has 5 nitrogen and oxygen atoms in total. The molecule has 1 heterocycles. The number of nitrogens with zero attached hydrogens (tertiary/aromatic N) is 3. The van der Waals surface area contributed by atoms with E-state index in [-0.39, 0.29) is 0 Å². The predicted molar refractivity (Wildman–Crippen MR) is 87.6 cm³/mol. The Labute approximate surface area is 131 Å². The fourth-order valence-electron chi connectivity index (χ4n) is 3.10. The van der Waals surface area contributed by atoms with Crippen molar-refractivity contribution < 1.29 is 4.52 Å². The summed E-state index contributed by atoms with van der Waals surface area (Å²) in [5.74, 6) is 1.20. The van der Waals surface area contributed by atoms with Crippen molar-refractivity contribution in [1.29, 1.82) is 0 Å². The lowest BCUT2D eigenvalue weighted by Crippen LogP contribution is -2.34. The Morgan fingerprint density at radius 3 is 2.55 bits per heavy atom. The Morgan fingerprint density at radius 1 is 1.23 bits per heavy atom. The second-order valence-corrected chi connectivity index (χ2v) is 6.25. The highest BCUT2D eigenvalue weighted by molar-refractivity contribution is 5.59. The monoisotopic (exact) mass is 300 g/mol. The molecule has 2 aromatic rings. The van der Waals surface area contributed by atoms with E-state index in [1.807, 2.05) is 12.1 Å². The van der Waals surface area contributed by atoms with Crippen LogP contribution in [0.4, 0.5) is 5.69 Å². The van der Waals surface area contributed by atoms with Gasteiger partial charge in [-0.1, -0.05) is 24.9 Å². The van der Waals surface area contributed by atoms with Crippen molar-refractivity contribution in [2.24, 2.45) is 5.73 Å². The van der Waals surface area contributed by atoms with Crippen LogP contribution >= 0.6 is 0 Å². The van der Waals surface area contributed by atoms with Gasteiger partial charge in [0.25, 0.3) is 5.89 Å². The van der Waals surface area contributed by atoms with Gasteiger partial charge >= 0.3 is 0 Å². The van der Waals surface area contributed by atoms with Crippen molar-refractivity contribution >= 4 is 5.69 Å². The SMILES string of the molecule is CCCN(C)c1ccc(-c2nc(C3(N)CCCC3)no2)cc1. The lowest BCUT2D eigenvalue weighted by molar-refractivity contribution is 0.372. The van der Waals surface area contributed by atoms with Gasteiger partial charge in [-0.15, -0.1) is 0 Å². The van der Waals surface area contributed by atoms with Gasteiger partial charge in [0.15, 0.2) is 5.82 Å². The van der Waals surface area contributed by atoms with Crippen molar-refractivity contribution in [1.82, 2.24) is 10.1 Å². The van der Waals surface area contributed by atoms with Gasteiger partial charge in [0, 0.05) is 24.8 Å². The molecule has 3 rings (SSSR count). The predicted octanol–water partition coefficient (Wildman–Crippen LogP) is 3.31. The van der Waals surface area contributed by atoms with Crippen molar-refractivity contribution in [2.45, 2.75) is 44.6 Å². The first-order valence-corrected chi connectivity index (χ1v) is 8.07. The maximum absolute atomic E-state index is 6.38. The third-order valence-corrected chi connectivity index (χ3v) is 4.48. The summed E-state index contributed by atoms with van der Waals surface area (Å²) in [6.07, 6.45) is 5.28. The topological polar surface area (TPSA) is 68.2 Å². The molecule has 0 atom stereocenters. The Kier molecular flexibility index (Phi) is 4.16. The van der Waals surface area contributed by atoms with E-state index in [0.717, 1.165) is 44.2 Å². The Hall–Kier alpha value is -1.88. The van der Waals surface area contributed by atoms with Crippen LogP contribution in [0, 0.1) is 0 Å². The van der Waals surface area contributed by atoms with Crippen molar-refractivity contribution in [3.63, 3.8) is 0 Å². The summed E-state index contributed by atoms with van der Waals surface area (Å²) in [6, 6.07) is 8.22. The van der Waals surface area contributed by atoms with Crippen molar-refractivity contribution in [2.75, 3.05) is 18.5 Å². The summed E-state index contributed by atoms with van der Waals surface area (Å²) < 4.78 is 5.42. The minimum Gasteiger partial charge on any atom is -0.375 e. The van der Waals surface area contributed by atoms with E-state index in [4.69, 9.17) is 10.3 Å². The summed E-state index contributed by atoms with van der Waals surface area (Å²) in [5.41, 5.74) is 8.11. The maximum Gasteiger partial charge on any atom is 0.257 e. The van der Waals surface area contributed by atoms with Crippen LogP contribution < -0.4 is 10.6 Å². The molecule has 2 N–H and O–H groups in total. The molecule has 1 aromatic heterocycles. The molecular formula is C17H24N4O. The smallest absolute Gasteiger partial charge is 0.257 e. The van der Waals surface area contributed by atoms with Gasteiger partial charge in [-0.2, -0.15) is 4.98 Å². The van der Waals surface area contributed by atoms with E-state index >= 15 is 0 Å². The third kappa shape index (κ3) is 2.86. The molecule has 0 saturated heterocycles. The molecule has 0 amide bonds. The molecule has 5 heteroatoms. The first kappa shape index (κ1) is 15.0. The number of rotatable bonds is 5. The zero-order valence-corrected chi connectivity index (χ0v) is 13.4.